The first-order chi connectivity index (χ1) is 13.0. The van der Waals surface area contributed by atoms with Crippen molar-refractivity contribution in [2.45, 2.75) is 0 Å². The molecule has 3 heterocycles. The van der Waals surface area contributed by atoms with Gasteiger partial charge < -0.3 is 9.64 Å². The van der Waals surface area contributed by atoms with Gasteiger partial charge in [-0.25, -0.2) is 4.79 Å². The fourth-order valence-electron chi connectivity index (χ4n) is 3.56. The van der Waals surface area contributed by atoms with E-state index in [1.807, 2.05) is 23.1 Å². The minimum atomic E-state index is -0.476. The van der Waals surface area contributed by atoms with Crippen LogP contribution in [0.3, 0.4) is 0 Å². The maximum Gasteiger partial charge on any atom is 0.332 e. The summed E-state index contributed by atoms with van der Waals surface area (Å²) < 4.78 is 9.24. The third kappa shape index (κ3) is 2.69. The van der Waals surface area contributed by atoms with Gasteiger partial charge in [0.2, 0.25) is 0 Å². The van der Waals surface area contributed by atoms with Crippen LogP contribution in [0.4, 0.5) is 5.69 Å². The molecule has 0 spiro atoms. The summed E-state index contributed by atoms with van der Waals surface area (Å²) in [5.74, 6) is 0. The Kier molecular flexibility index (Phi) is 4.19. The van der Waals surface area contributed by atoms with Crippen LogP contribution in [0.2, 0.25) is 0 Å². The third-order valence-electron chi connectivity index (χ3n) is 4.95. The van der Waals surface area contributed by atoms with Gasteiger partial charge in [-0.2, -0.15) is 0 Å². The molecule has 1 aliphatic heterocycles. The molecule has 1 aliphatic rings. The number of hydrogen-bond donors (Lipinski definition) is 0. The smallest absolute Gasteiger partial charge is 0.332 e. The zero-order chi connectivity index (χ0) is 19.1. The number of nitrogens with zero attached hydrogens (tertiary/aromatic N) is 4. The van der Waals surface area contributed by atoms with E-state index in [2.05, 4.69) is 0 Å². The summed E-state index contributed by atoms with van der Waals surface area (Å²) in [5.41, 5.74) is 0.252. The van der Waals surface area contributed by atoms with Gasteiger partial charge in [0, 0.05) is 33.3 Å². The Balaban J connectivity index is 2.19. The molecule has 8 nitrogen and oxygen atoms in total. The largest absolute Gasteiger partial charge is 0.378 e. The van der Waals surface area contributed by atoms with Crippen LogP contribution in [0.15, 0.2) is 50.8 Å². The fourth-order valence-corrected chi connectivity index (χ4v) is 3.56. The van der Waals surface area contributed by atoms with Crippen molar-refractivity contribution in [3.8, 4) is 5.69 Å². The molecule has 3 aromatic rings. The molecule has 0 N–H and O–H groups in total. The van der Waals surface area contributed by atoms with Crippen molar-refractivity contribution in [3.63, 3.8) is 0 Å². The summed E-state index contributed by atoms with van der Waals surface area (Å²) in [7, 11) is 3.03. The van der Waals surface area contributed by atoms with Crippen molar-refractivity contribution in [2.75, 3.05) is 31.2 Å². The van der Waals surface area contributed by atoms with Crippen LogP contribution in [-0.4, -0.2) is 40.0 Å². The van der Waals surface area contributed by atoms with Gasteiger partial charge in [0.15, 0.2) is 0 Å². The summed E-state index contributed by atoms with van der Waals surface area (Å²) in [6, 6.07) is 10.5. The van der Waals surface area contributed by atoms with Crippen molar-refractivity contribution in [3.05, 3.63) is 67.6 Å². The standard InChI is InChI=1S/C19H20N4O4/c1-20-17-16(18(25)21(2)19(20)26)14(22-8-10-27-11-9-22)12-15(24)23(17)13-6-4-3-5-7-13/h3-7,12H,8-11H2,1-2H3. The zero-order valence-electron chi connectivity index (χ0n) is 15.2. The third-order valence-corrected chi connectivity index (χ3v) is 4.95. The number of aryl methyl sites for hydroxylation is 1. The van der Waals surface area contributed by atoms with Gasteiger partial charge in [0.25, 0.3) is 11.1 Å². The lowest BCUT2D eigenvalue weighted by Crippen LogP contribution is -2.42. The van der Waals surface area contributed by atoms with Gasteiger partial charge in [-0.1, -0.05) is 18.2 Å². The summed E-state index contributed by atoms with van der Waals surface area (Å²) in [4.78, 5) is 40.6. The summed E-state index contributed by atoms with van der Waals surface area (Å²) >= 11 is 0. The predicted molar refractivity (Wildman–Crippen MR) is 103 cm³/mol. The van der Waals surface area contributed by atoms with E-state index in [0.717, 1.165) is 4.57 Å². The monoisotopic (exact) mass is 368 g/mol. The van der Waals surface area contributed by atoms with Gasteiger partial charge in [-0.3, -0.25) is 23.3 Å². The number of ether oxygens (including phenoxy) is 1. The van der Waals surface area contributed by atoms with E-state index < -0.39 is 11.2 Å². The SMILES string of the molecule is Cn1c(=O)c2c(N3CCOCC3)cc(=O)n(-c3ccccc3)c2n(C)c1=O. The summed E-state index contributed by atoms with van der Waals surface area (Å²) in [6.45, 7) is 2.20. The van der Waals surface area contributed by atoms with Gasteiger partial charge in [-0.15, -0.1) is 0 Å². The van der Waals surface area contributed by atoms with Crippen LogP contribution >= 0.6 is 0 Å². The molecular formula is C19H20N4O4. The Morgan fingerprint density at radius 3 is 2.26 bits per heavy atom. The number of anilines is 1. The number of hydrogen-bond acceptors (Lipinski definition) is 5. The molecule has 0 atom stereocenters. The second-order valence-corrected chi connectivity index (χ2v) is 6.54. The average molecular weight is 368 g/mol. The number of fused-ring (bicyclic) bond motifs is 1. The molecule has 8 heteroatoms. The van der Waals surface area contributed by atoms with Crippen LogP contribution < -0.4 is 21.7 Å². The Hall–Kier alpha value is -3.13. The molecule has 1 fully saturated rings. The van der Waals surface area contributed by atoms with Crippen LogP contribution in [0.5, 0.6) is 0 Å². The lowest BCUT2D eigenvalue weighted by atomic mass is 10.2. The van der Waals surface area contributed by atoms with E-state index >= 15 is 0 Å². The van der Waals surface area contributed by atoms with Gasteiger partial charge in [-0.05, 0) is 12.1 Å². The first-order valence-electron chi connectivity index (χ1n) is 8.74. The molecule has 0 unspecified atom stereocenters. The molecular weight excluding hydrogens is 348 g/mol. The lowest BCUT2D eigenvalue weighted by molar-refractivity contribution is 0.123. The molecule has 0 saturated carbocycles. The van der Waals surface area contributed by atoms with Gasteiger partial charge >= 0.3 is 5.69 Å². The molecule has 0 bridgehead atoms. The highest BCUT2D eigenvalue weighted by molar-refractivity contribution is 5.90. The average Bonchev–Trinajstić information content (AvgIpc) is 2.71. The van der Waals surface area contributed by atoms with Crippen molar-refractivity contribution < 1.29 is 4.74 Å². The Bertz CT molecular complexity index is 1180. The number of para-hydroxylation sites is 1. The maximum atomic E-state index is 13.0. The van der Waals surface area contributed by atoms with Crippen molar-refractivity contribution in [1.82, 2.24) is 13.7 Å². The van der Waals surface area contributed by atoms with E-state index in [-0.39, 0.29) is 5.56 Å². The Labute approximate surface area is 154 Å². The van der Waals surface area contributed by atoms with Crippen LogP contribution in [-0.2, 0) is 18.8 Å². The molecule has 0 radical (unpaired) electrons. The number of rotatable bonds is 2. The fraction of sp³-hybridized carbons (Fsp3) is 0.316. The van der Waals surface area contributed by atoms with E-state index in [4.69, 9.17) is 4.74 Å². The minimum absolute atomic E-state index is 0.293. The van der Waals surface area contributed by atoms with Crippen molar-refractivity contribution in [1.29, 1.82) is 0 Å². The minimum Gasteiger partial charge on any atom is -0.378 e. The summed E-state index contributed by atoms with van der Waals surface area (Å²) in [6.07, 6.45) is 0. The molecule has 4 rings (SSSR count). The van der Waals surface area contributed by atoms with E-state index in [1.54, 1.807) is 19.2 Å². The normalized spacial score (nSPS) is 14.7. The zero-order valence-corrected chi connectivity index (χ0v) is 15.2. The highest BCUT2D eigenvalue weighted by atomic mass is 16.5. The highest BCUT2D eigenvalue weighted by Crippen LogP contribution is 2.24. The van der Waals surface area contributed by atoms with Crippen LogP contribution in [0.1, 0.15) is 0 Å². The number of pyridine rings is 1. The van der Waals surface area contributed by atoms with E-state index in [1.165, 1.54) is 22.2 Å². The second kappa shape index (κ2) is 6.55. The van der Waals surface area contributed by atoms with E-state index in [0.29, 0.717) is 48.7 Å². The van der Waals surface area contributed by atoms with Gasteiger partial charge in [0.1, 0.15) is 11.0 Å². The maximum absolute atomic E-state index is 13.0. The Morgan fingerprint density at radius 2 is 1.59 bits per heavy atom. The summed E-state index contributed by atoms with van der Waals surface area (Å²) in [5, 5.41) is 0.352. The molecule has 27 heavy (non-hydrogen) atoms. The molecule has 0 aliphatic carbocycles. The first kappa shape index (κ1) is 17.3. The number of aromatic nitrogens is 3. The highest BCUT2D eigenvalue weighted by Gasteiger charge is 2.23. The van der Waals surface area contributed by atoms with E-state index in [9.17, 15) is 14.4 Å². The van der Waals surface area contributed by atoms with Crippen LogP contribution in [0.25, 0.3) is 16.7 Å². The van der Waals surface area contributed by atoms with Crippen LogP contribution in [0, 0.1) is 0 Å². The quantitative estimate of drug-likeness (QED) is 0.647. The second-order valence-electron chi connectivity index (χ2n) is 6.54. The molecule has 1 saturated heterocycles. The first-order valence-corrected chi connectivity index (χ1v) is 8.74. The van der Waals surface area contributed by atoms with Crippen molar-refractivity contribution in [2.24, 2.45) is 14.1 Å². The molecule has 2 aromatic heterocycles. The number of benzene rings is 1. The molecule has 140 valence electrons. The topological polar surface area (TPSA) is 78.5 Å². The predicted octanol–water partition coefficient (Wildman–Crippen LogP) is 0.225. The molecule has 1 aromatic carbocycles. The lowest BCUT2D eigenvalue weighted by Gasteiger charge is -2.30. The Morgan fingerprint density at radius 1 is 0.926 bits per heavy atom. The van der Waals surface area contributed by atoms with Gasteiger partial charge in [0.05, 0.1) is 24.6 Å². The molecule has 0 amide bonds. The van der Waals surface area contributed by atoms with Crippen molar-refractivity contribution >= 4 is 16.7 Å². The number of morpholine rings is 1.